The Balaban J connectivity index is 1.50. The summed E-state index contributed by atoms with van der Waals surface area (Å²) in [6.45, 7) is 2.42. The van der Waals surface area contributed by atoms with Gasteiger partial charge in [0.25, 0.3) is 5.91 Å². The van der Waals surface area contributed by atoms with Crippen molar-refractivity contribution in [1.29, 1.82) is 0 Å². The first-order valence-electron chi connectivity index (χ1n) is 11.0. The van der Waals surface area contributed by atoms with E-state index in [2.05, 4.69) is 5.32 Å². The Morgan fingerprint density at radius 1 is 1.00 bits per heavy atom. The van der Waals surface area contributed by atoms with Crippen molar-refractivity contribution < 1.29 is 22.7 Å². The minimum absolute atomic E-state index is 0.0463. The monoisotopic (exact) mass is 456 g/mol. The second kappa shape index (κ2) is 9.42. The Bertz CT molecular complexity index is 1070. The molecule has 4 rings (SSSR count). The van der Waals surface area contributed by atoms with Crippen LogP contribution in [0.25, 0.3) is 0 Å². The Morgan fingerprint density at radius 3 is 2.31 bits per heavy atom. The number of amides is 1. The summed E-state index contributed by atoms with van der Waals surface area (Å²) in [5, 5.41) is 2.88. The van der Waals surface area contributed by atoms with E-state index in [9.17, 15) is 18.0 Å². The summed E-state index contributed by atoms with van der Waals surface area (Å²) in [7, 11) is -3.62. The van der Waals surface area contributed by atoms with Crippen molar-refractivity contribution in [2.45, 2.75) is 62.1 Å². The molecular weight excluding hydrogens is 428 g/mol. The third-order valence-electron chi connectivity index (χ3n) is 5.93. The van der Waals surface area contributed by atoms with Gasteiger partial charge in [-0.3, -0.25) is 4.79 Å². The lowest BCUT2D eigenvalue weighted by molar-refractivity contribution is -0.130. The second-order valence-electron chi connectivity index (χ2n) is 8.46. The highest BCUT2D eigenvalue weighted by molar-refractivity contribution is 7.89. The van der Waals surface area contributed by atoms with Gasteiger partial charge in [0.2, 0.25) is 16.1 Å². The van der Waals surface area contributed by atoms with Gasteiger partial charge in [-0.15, -0.1) is 0 Å². The van der Waals surface area contributed by atoms with Gasteiger partial charge >= 0.3 is 5.97 Å². The molecule has 2 aromatic rings. The van der Waals surface area contributed by atoms with Gasteiger partial charge in [0, 0.05) is 24.2 Å². The fourth-order valence-electron chi connectivity index (χ4n) is 3.91. The average Bonchev–Trinajstić information content (AvgIpc) is 3.62. The molecule has 2 fully saturated rings. The van der Waals surface area contributed by atoms with Crippen LogP contribution in [0.4, 0.5) is 0 Å². The maximum absolute atomic E-state index is 13.0. The van der Waals surface area contributed by atoms with E-state index >= 15 is 0 Å². The van der Waals surface area contributed by atoms with E-state index in [-0.39, 0.29) is 28.4 Å². The summed E-state index contributed by atoms with van der Waals surface area (Å²) in [4.78, 5) is 25.6. The normalized spacial score (nSPS) is 20.3. The number of ether oxygens (including phenoxy) is 1. The molecule has 0 bridgehead atoms. The number of benzene rings is 2. The van der Waals surface area contributed by atoms with E-state index in [1.54, 1.807) is 24.3 Å². The molecule has 2 atom stereocenters. The molecule has 7 nitrogen and oxygen atoms in total. The Labute approximate surface area is 188 Å². The number of sulfonamides is 1. The summed E-state index contributed by atoms with van der Waals surface area (Å²) >= 11 is 0. The van der Waals surface area contributed by atoms with Crippen LogP contribution in [0.5, 0.6) is 0 Å². The van der Waals surface area contributed by atoms with Crippen molar-refractivity contribution in [2.24, 2.45) is 0 Å². The molecule has 1 aliphatic carbocycles. The van der Waals surface area contributed by atoms with Crippen LogP contribution in [-0.4, -0.2) is 43.2 Å². The van der Waals surface area contributed by atoms with Gasteiger partial charge in [0.05, 0.1) is 10.5 Å². The SMILES string of the molecule is C[C@H]1CCCCN1S(=O)(=O)c1ccc(C(=O)O[C@@H](C(=O)NC2CC2)c2ccccc2)cc1. The van der Waals surface area contributed by atoms with E-state index in [0.29, 0.717) is 12.1 Å². The van der Waals surface area contributed by atoms with Crippen LogP contribution < -0.4 is 5.32 Å². The highest BCUT2D eigenvalue weighted by atomic mass is 32.2. The molecule has 1 N–H and O–H groups in total. The molecular formula is C24H28N2O5S. The number of nitrogens with zero attached hydrogens (tertiary/aromatic N) is 1. The maximum atomic E-state index is 13.0. The zero-order valence-corrected chi connectivity index (χ0v) is 18.9. The molecule has 2 aliphatic rings. The number of hydrogen-bond donors (Lipinski definition) is 1. The van der Waals surface area contributed by atoms with Gasteiger partial charge in [-0.2, -0.15) is 4.31 Å². The predicted octanol–water partition coefficient (Wildman–Crippen LogP) is 3.43. The van der Waals surface area contributed by atoms with Crippen LogP contribution in [0, 0.1) is 0 Å². The Hall–Kier alpha value is -2.71. The minimum Gasteiger partial charge on any atom is -0.444 e. The summed E-state index contributed by atoms with van der Waals surface area (Å²) in [6, 6.07) is 14.7. The fourth-order valence-corrected chi connectivity index (χ4v) is 5.61. The van der Waals surface area contributed by atoms with Crippen LogP contribution >= 0.6 is 0 Å². The number of rotatable bonds is 7. The fraction of sp³-hybridized carbons (Fsp3) is 0.417. The van der Waals surface area contributed by atoms with Gasteiger partial charge in [0.1, 0.15) is 0 Å². The van der Waals surface area contributed by atoms with Gasteiger partial charge in [-0.1, -0.05) is 36.8 Å². The highest BCUT2D eigenvalue weighted by Gasteiger charge is 2.32. The third kappa shape index (κ3) is 5.02. The molecule has 2 aromatic carbocycles. The second-order valence-corrected chi connectivity index (χ2v) is 10.4. The van der Waals surface area contributed by atoms with E-state index in [0.717, 1.165) is 32.1 Å². The zero-order chi connectivity index (χ0) is 22.7. The lowest BCUT2D eigenvalue weighted by Gasteiger charge is -2.32. The highest BCUT2D eigenvalue weighted by Crippen LogP contribution is 2.27. The molecule has 0 spiro atoms. The molecule has 1 aliphatic heterocycles. The van der Waals surface area contributed by atoms with Crippen LogP contribution in [0.15, 0.2) is 59.5 Å². The third-order valence-corrected chi connectivity index (χ3v) is 7.96. The summed E-state index contributed by atoms with van der Waals surface area (Å²) in [6.07, 6.45) is 3.49. The van der Waals surface area contributed by atoms with Crippen molar-refractivity contribution in [1.82, 2.24) is 9.62 Å². The van der Waals surface area contributed by atoms with Crippen LogP contribution in [0.1, 0.15) is 61.1 Å². The summed E-state index contributed by atoms with van der Waals surface area (Å²) in [5.41, 5.74) is 0.771. The number of carbonyl (C=O) groups is 2. The molecule has 0 unspecified atom stereocenters. The lowest BCUT2D eigenvalue weighted by atomic mass is 10.1. The van der Waals surface area contributed by atoms with Crippen molar-refractivity contribution in [2.75, 3.05) is 6.54 Å². The van der Waals surface area contributed by atoms with Crippen molar-refractivity contribution in [3.8, 4) is 0 Å². The number of piperidine rings is 1. The van der Waals surface area contributed by atoms with Crippen molar-refractivity contribution in [3.05, 3.63) is 65.7 Å². The first-order chi connectivity index (χ1) is 15.4. The molecule has 0 radical (unpaired) electrons. The van der Waals surface area contributed by atoms with Crippen LogP contribution in [0.3, 0.4) is 0 Å². The topological polar surface area (TPSA) is 92.8 Å². The summed E-state index contributed by atoms with van der Waals surface area (Å²) < 4.78 is 33.1. The number of nitrogens with one attached hydrogen (secondary N) is 1. The average molecular weight is 457 g/mol. The van der Waals surface area contributed by atoms with E-state index in [1.165, 1.54) is 28.6 Å². The molecule has 1 amide bonds. The number of esters is 1. The smallest absolute Gasteiger partial charge is 0.339 e. The number of carbonyl (C=O) groups excluding carboxylic acids is 2. The van der Waals surface area contributed by atoms with Crippen molar-refractivity contribution in [3.63, 3.8) is 0 Å². The van der Waals surface area contributed by atoms with Gasteiger partial charge in [-0.05, 0) is 56.9 Å². The molecule has 170 valence electrons. The standard InChI is InChI=1S/C24H28N2O5S/c1-17-7-5-6-16-26(17)32(29,30)21-14-10-19(11-15-21)24(28)31-22(18-8-3-2-4-9-18)23(27)25-20-12-13-20/h2-4,8-11,14-15,17,20,22H,5-7,12-13,16H2,1H3,(H,25,27)/t17-,22+/m0/s1. The molecule has 1 saturated heterocycles. The largest absolute Gasteiger partial charge is 0.444 e. The van der Waals surface area contributed by atoms with E-state index < -0.39 is 22.1 Å². The van der Waals surface area contributed by atoms with Gasteiger partial charge in [0.15, 0.2) is 0 Å². The van der Waals surface area contributed by atoms with Crippen LogP contribution in [-0.2, 0) is 19.6 Å². The molecule has 1 heterocycles. The lowest BCUT2D eigenvalue weighted by Crippen LogP contribution is -2.41. The van der Waals surface area contributed by atoms with Crippen molar-refractivity contribution >= 4 is 21.9 Å². The maximum Gasteiger partial charge on any atom is 0.339 e. The van der Waals surface area contributed by atoms with E-state index in [4.69, 9.17) is 4.74 Å². The molecule has 0 aromatic heterocycles. The molecule has 8 heteroatoms. The first-order valence-corrected chi connectivity index (χ1v) is 12.5. The quantitative estimate of drug-likeness (QED) is 0.645. The predicted molar refractivity (Wildman–Crippen MR) is 119 cm³/mol. The van der Waals surface area contributed by atoms with Crippen LogP contribution in [0.2, 0.25) is 0 Å². The van der Waals surface area contributed by atoms with E-state index in [1.807, 2.05) is 13.0 Å². The van der Waals surface area contributed by atoms with Gasteiger partial charge < -0.3 is 10.1 Å². The molecule has 32 heavy (non-hydrogen) atoms. The molecule has 1 saturated carbocycles. The minimum atomic E-state index is -3.62. The zero-order valence-electron chi connectivity index (χ0n) is 18.1. The van der Waals surface area contributed by atoms with Gasteiger partial charge in [-0.25, -0.2) is 13.2 Å². The number of hydrogen-bond acceptors (Lipinski definition) is 5. The Morgan fingerprint density at radius 2 is 1.69 bits per heavy atom. The Kier molecular flexibility index (Phi) is 6.62. The first kappa shape index (κ1) is 22.5. The summed E-state index contributed by atoms with van der Waals surface area (Å²) in [5.74, 6) is -1.04.